The molecule has 0 atom stereocenters. The monoisotopic (exact) mass is 346 g/mol. The van der Waals surface area contributed by atoms with E-state index in [1.807, 2.05) is 24.3 Å². The van der Waals surface area contributed by atoms with E-state index >= 15 is 0 Å². The van der Waals surface area contributed by atoms with Crippen LogP contribution in [-0.4, -0.2) is 34.5 Å². The van der Waals surface area contributed by atoms with Crippen molar-refractivity contribution in [2.24, 2.45) is 0 Å². The number of carbonyl (C=O) groups is 1. The summed E-state index contributed by atoms with van der Waals surface area (Å²) in [5, 5.41) is 2.45. The van der Waals surface area contributed by atoms with Gasteiger partial charge in [0.15, 0.2) is 6.61 Å². The maximum Gasteiger partial charge on any atom is 0.264 e. The Hall–Kier alpha value is -2.54. The predicted molar refractivity (Wildman–Crippen MR) is 90.7 cm³/mol. The first-order valence-electron chi connectivity index (χ1n) is 7.56. The molecule has 7 heteroatoms. The van der Waals surface area contributed by atoms with Crippen molar-refractivity contribution in [3.63, 3.8) is 0 Å². The number of ether oxygens (including phenoxy) is 1. The lowest BCUT2D eigenvalue weighted by atomic mass is 10.2. The molecule has 0 spiro atoms. The highest BCUT2D eigenvalue weighted by Gasteiger charge is 2.30. The van der Waals surface area contributed by atoms with Crippen LogP contribution in [0.4, 0.5) is 5.69 Å². The molecule has 2 aromatic carbocycles. The van der Waals surface area contributed by atoms with Crippen molar-refractivity contribution in [1.82, 2.24) is 5.32 Å². The normalized spacial score (nSPS) is 13.5. The number of fused-ring (bicyclic) bond motifs is 1. The van der Waals surface area contributed by atoms with Crippen molar-refractivity contribution in [2.45, 2.75) is 11.3 Å². The molecule has 1 N–H and O–H groups in total. The second-order valence-electron chi connectivity index (χ2n) is 5.39. The first-order valence-corrected chi connectivity index (χ1v) is 9.00. The number of hydrogen-bond donors (Lipinski definition) is 1. The second-order valence-corrected chi connectivity index (χ2v) is 7.25. The topological polar surface area (TPSA) is 75.7 Å². The maximum absolute atomic E-state index is 12.8. The number of benzene rings is 2. The highest BCUT2D eigenvalue weighted by Crippen LogP contribution is 2.32. The van der Waals surface area contributed by atoms with Gasteiger partial charge in [0.05, 0.1) is 10.6 Å². The van der Waals surface area contributed by atoms with Gasteiger partial charge in [0, 0.05) is 13.6 Å². The molecule has 2 aromatic rings. The van der Waals surface area contributed by atoms with Gasteiger partial charge in [-0.15, -0.1) is 0 Å². The standard InChI is InChI=1S/C17H18N2O4S/c1-18-17(20)12-23-14-6-8-15(9-7-14)24(21,22)19-11-10-13-4-2-3-5-16(13)19/h2-9H,10-12H2,1H3,(H,18,20). The van der Waals surface area contributed by atoms with Crippen LogP contribution in [0.5, 0.6) is 5.75 Å². The largest absolute Gasteiger partial charge is 0.484 e. The molecule has 3 rings (SSSR count). The molecular weight excluding hydrogens is 328 g/mol. The summed E-state index contributed by atoms with van der Waals surface area (Å²) in [6, 6.07) is 13.6. The van der Waals surface area contributed by atoms with Crippen LogP contribution < -0.4 is 14.4 Å². The summed E-state index contributed by atoms with van der Waals surface area (Å²) >= 11 is 0. The number of rotatable bonds is 5. The summed E-state index contributed by atoms with van der Waals surface area (Å²) in [6.45, 7) is 0.332. The minimum absolute atomic E-state index is 0.109. The van der Waals surface area contributed by atoms with Crippen molar-refractivity contribution < 1.29 is 17.9 Å². The van der Waals surface area contributed by atoms with Gasteiger partial charge in [-0.3, -0.25) is 9.10 Å². The number of amides is 1. The summed E-state index contributed by atoms with van der Waals surface area (Å²) in [5.74, 6) is 0.194. The van der Waals surface area contributed by atoms with E-state index in [1.165, 1.54) is 23.5 Å². The van der Waals surface area contributed by atoms with E-state index in [9.17, 15) is 13.2 Å². The van der Waals surface area contributed by atoms with Crippen molar-refractivity contribution in [2.75, 3.05) is 24.5 Å². The van der Waals surface area contributed by atoms with E-state index in [0.717, 1.165) is 11.3 Å². The lowest BCUT2D eigenvalue weighted by molar-refractivity contribution is -0.122. The number of sulfonamides is 1. The quantitative estimate of drug-likeness (QED) is 0.891. The van der Waals surface area contributed by atoms with Crippen LogP contribution in [0.3, 0.4) is 0 Å². The van der Waals surface area contributed by atoms with Gasteiger partial charge in [0.2, 0.25) is 0 Å². The number of nitrogens with zero attached hydrogens (tertiary/aromatic N) is 1. The molecule has 0 aromatic heterocycles. The van der Waals surface area contributed by atoms with E-state index in [2.05, 4.69) is 5.32 Å². The molecule has 0 bridgehead atoms. The molecule has 24 heavy (non-hydrogen) atoms. The van der Waals surface area contributed by atoms with Crippen LogP contribution in [0.1, 0.15) is 5.56 Å². The summed E-state index contributed by atoms with van der Waals surface area (Å²) in [5.41, 5.74) is 1.77. The Morgan fingerprint density at radius 3 is 2.58 bits per heavy atom. The smallest absolute Gasteiger partial charge is 0.264 e. The molecule has 1 aliphatic heterocycles. The summed E-state index contributed by atoms with van der Waals surface area (Å²) in [6.07, 6.45) is 0.711. The second kappa shape index (κ2) is 6.52. The number of hydrogen-bond acceptors (Lipinski definition) is 4. The van der Waals surface area contributed by atoms with E-state index < -0.39 is 10.0 Å². The third kappa shape index (κ3) is 3.07. The van der Waals surface area contributed by atoms with Crippen molar-refractivity contribution in [1.29, 1.82) is 0 Å². The molecule has 126 valence electrons. The Kier molecular flexibility index (Phi) is 4.44. The minimum atomic E-state index is -3.61. The zero-order valence-corrected chi connectivity index (χ0v) is 14.0. The van der Waals surface area contributed by atoms with Crippen LogP contribution in [0.15, 0.2) is 53.4 Å². The Bertz CT molecular complexity index is 847. The van der Waals surface area contributed by atoms with E-state index in [0.29, 0.717) is 18.7 Å². The van der Waals surface area contributed by atoms with Crippen molar-refractivity contribution >= 4 is 21.6 Å². The van der Waals surface area contributed by atoms with Gasteiger partial charge in [-0.1, -0.05) is 18.2 Å². The molecule has 1 amide bonds. The summed E-state index contributed by atoms with van der Waals surface area (Å²) < 4.78 is 32.4. The van der Waals surface area contributed by atoms with Gasteiger partial charge >= 0.3 is 0 Å². The molecule has 0 saturated heterocycles. The number of anilines is 1. The van der Waals surface area contributed by atoms with Gasteiger partial charge in [0.1, 0.15) is 5.75 Å². The van der Waals surface area contributed by atoms with Gasteiger partial charge in [0.25, 0.3) is 15.9 Å². The molecular formula is C17H18N2O4S. The maximum atomic E-state index is 12.8. The van der Waals surface area contributed by atoms with Gasteiger partial charge in [-0.05, 0) is 42.3 Å². The first-order chi connectivity index (χ1) is 11.5. The van der Waals surface area contributed by atoms with E-state index in [1.54, 1.807) is 12.1 Å². The van der Waals surface area contributed by atoms with Crippen LogP contribution in [0.25, 0.3) is 0 Å². The number of nitrogens with one attached hydrogen (secondary N) is 1. The van der Waals surface area contributed by atoms with Gasteiger partial charge in [-0.25, -0.2) is 8.42 Å². The third-order valence-electron chi connectivity index (χ3n) is 3.91. The van der Waals surface area contributed by atoms with Crippen LogP contribution in [0, 0.1) is 0 Å². The lowest BCUT2D eigenvalue weighted by Gasteiger charge is -2.19. The third-order valence-corrected chi connectivity index (χ3v) is 5.73. The van der Waals surface area contributed by atoms with Gasteiger partial charge in [-0.2, -0.15) is 0 Å². The Labute approximate surface area is 141 Å². The van der Waals surface area contributed by atoms with Crippen LogP contribution in [0.2, 0.25) is 0 Å². The fourth-order valence-corrected chi connectivity index (χ4v) is 4.12. The molecule has 0 fully saturated rings. The molecule has 1 aliphatic rings. The average molecular weight is 346 g/mol. The van der Waals surface area contributed by atoms with Crippen molar-refractivity contribution in [3.05, 3.63) is 54.1 Å². The summed E-state index contributed by atoms with van der Waals surface area (Å²) in [4.78, 5) is 11.4. The van der Waals surface area contributed by atoms with E-state index in [4.69, 9.17) is 4.74 Å². The predicted octanol–water partition coefficient (Wildman–Crippen LogP) is 1.56. The average Bonchev–Trinajstić information content (AvgIpc) is 3.05. The molecule has 0 unspecified atom stereocenters. The highest BCUT2D eigenvalue weighted by molar-refractivity contribution is 7.92. The fraction of sp³-hybridized carbons (Fsp3) is 0.235. The van der Waals surface area contributed by atoms with Crippen LogP contribution >= 0.6 is 0 Å². The SMILES string of the molecule is CNC(=O)COc1ccc(S(=O)(=O)N2CCc3ccccc32)cc1. The molecule has 0 aliphatic carbocycles. The number of likely N-dealkylation sites (N-methyl/N-ethyl adjacent to an activating group) is 1. The number of carbonyl (C=O) groups excluding carboxylic acids is 1. The summed E-state index contributed by atoms with van der Waals surface area (Å²) in [7, 11) is -2.08. The molecule has 0 saturated carbocycles. The zero-order valence-electron chi connectivity index (χ0n) is 13.2. The van der Waals surface area contributed by atoms with Crippen molar-refractivity contribution in [3.8, 4) is 5.75 Å². The van der Waals surface area contributed by atoms with E-state index in [-0.39, 0.29) is 17.4 Å². The Morgan fingerprint density at radius 2 is 1.88 bits per heavy atom. The Balaban J connectivity index is 1.80. The molecule has 1 heterocycles. The van der Waals surface area contributed by atoms with Crippen LogP contribution in [-0.2, 0) is 21.2 Å². The fourth-order valence-electron chi connectivity index (χ4n) is 2.61. The minimum Gasteiger partial charge on any atom is -0.484 e. The highest BCUT2D eigenvalue weighted by atomic mass is 32.2. The zero-order chi connectivity index (χ0) is 17.2. The Morgan fingerprint density at radius 1 is 1.17 bits per heavy atom. The first kappa shape index (κ1) is 16.3. The lowest BCUT2D eigenvalue weighted by Crippen LogP contribution is -2.29. The van der Waals surface area contributed by atoms with Gasteiger partial charge < -0.3 is 10.1 Å². The molecule has 6 nitrogen and oxygen atoms in total. The molecule has 0 radical (unpaired) electrons. The number of para-hydroxylation sites is 1.